The zero-order chi connectivity index (χ0) is 11.1. The summed E-state index contributed by atoms with van der Waals surface area (Å²) in [6.45, 7) is -0.116. The SMILES string of the molecule is OCc1c(C2=CC=C2)nc2ccc(Cl)nn12. The fraction of sp³-hybridized carbons (Fsp3) is 0.0909. The zero-order valence-corrected chi connectivity index (χ0v) is 9.02. The van der Waals surface area contributed by atoms with Gasteiger partial charge in [0.25, 0.3) is 0 Å². The molecule has 0 spiro atoms. The molecule has 0 atom stereocenters. The molecule has 1 N–H and O–H groups in total. The summed E-state index contributed by atoms with van der Waals surface area (Å²) in [5, 5.41) is 13.9. The molecule has 0 saturated carbocycles. The fourth-order valence-corrected chi connectivity index (χ4v) is 1.82. The van der Waals surface area contributed by atoms with Crippen LogP contribution in [-0.4, -0.2) is 19.7 Å². The molecular weight excluding hydrogens is 226 g/mol. The van der Waals surface area contributed by atoms with Crippen LogP contribution in [-0.2, 0) is 6.61 Å². The highest BCUT2D eigenvalue weighted by Crippen LogP contribution is 2.25. The highest BCUT2D eigenvalue weighted by Gasteiger charge is 2.16. The number of allylic oxidation sites excluding steroid dienone is 4. The number of aliphatic hydroxyl groups excluding tert-OH is 1. The number of fused-ring (bicyclic) bond motifs is 1. The second-order valence-electron chi connectivity index (χ2n) is 3.47. The van der Waals surface area contributed by atoms with Crippen LogP contribution >= 0.6 is 11.6 Å². The van der Waals surface area contributed by atoms with Crippen LogP contribution in [0.2, 0.25) is 5.15 Å². The normalized spacial score (nSPS) is 14.0. The summed E-state index contributed by atoms with van der Waals surface area (Å²) in [5.41, 5.74) is 3.11. The summed E-state index contributed by atoms with van der Waals surface area (Å²) in [7, 11) is 0. The number of aliphatic hydroxyl groups is 1. The number of nitrogens with zero attached hydrogens (tertiary/aromatic N) is 3. The van der Waals surface area contributed by atoms with Gasteiger partial charge in [-0.1, -0.05) is 29.8 Å². The van der Waals surface area contributed by atoms with E-state index in [0.717, 1.165) is 11.3 Å². The number of rotatable bonds is 2. The lowest BCUT2D eigenvalue weighted by atomic mass is 10.0. The fourth-order valence-electron chi connectivity index (χ4n) is 1.68. The Labute approximate surface area is 96.5 Å². The quantitative estimate of drug-likeness (QED) is 0.861. The van der Waals surface area contributed by atoms with Crippen LogP contribution in [0.15, 0.2) is 30.4 Å². The monoisotopic (exact) mass is 233 g/mol. The van der Waals surface area contributed by atoms with Crippen LogP contribution in [0, 0.1) is 0 Å². The molecule has 0 fully saturated rings. The van der Waals surface area contributed by atoms with E-state index in [9.17, 15) is 5.11 Å². The second kappa shape index (κ2) is 3.43. The molecule has 2 aromatic rings. The minimum atomic E-state index is -0.116. The van der Waals surface area contributed by atoms with E-state index < -0.39 is 0 Å². The molecule has 0 aliphatic heterocycles. The molecule has 16 heavy (non-hydrogen) atoms. The van der Waals surface area contributed by atoms with Crippen LogP contribution in [0.5, 0.6) is 0 Å². The van der Waals surface area contributed by atoms with E-state index in [1.165, 1.54) is 0 Å². The number of hydrogen-bond acceptors (Lipinski definition) is 3. The van der Waals surface area contributed by atoms with Crippen molar-refractivity contribution in [1.29, 1.82) is 0 Å². The Morgan fingerprint density at radius 1 is 1.38 bits per heavy atom. The minimum Gasteiger partial charge on any atom is -0.390 e. The van der Waals surface area contributed by atoms with Crippen molar-refractivity contribution in [3.8, 4) is 0 Å². The topological polar surface area (TPSA) is 50.4 Å². The van der Waals surface area contributed by atoms with Crippen molar-refractivity contribution in [3.05, 3.63) is 46.9 Å². The van der Waals surface area contributed by atoms with Crippen LogP contribution in [0.1, 0.15) is 11.4 Å². The van der Waals surface area contributed by atoms with E-state index in [1.54, 1.807) is 16.6 Å². The van der Waals surface area contributed by atoms with Gasteiger partial charge in [0.05, 0.1) is 18.0 Å². The molecule has 1 aliphatic rings. The molecule has 0 bridgehead atoms. The summed E-state index contributed by atoms with van der Waals surface area (Å²) in [4.78, 5) is 4.41. The van der Waals surface area contributed by atoms with Crippen molar-refractivity contribution in [2.75, 3.05) is 0 Å². The van der Waals surface area contributed by atoms with Gasteiger partial charge in [0.15, 0.2) is 5.65 Å². The molecular formula is C11H8ClN3O. The second-order valence-corrected chi connectivity index (χ2v) is 3.86. The molecule has 0 aromatic carbocycles. The number of imidazole rings is 1. The Morgan fingerprint density at radius 2 is 2.19 bits per heavy atom. The number of aromatic nitrogens is 3. The molecule has 4 nitrogen and oxygen atoms in total. The maximum absolute atomic E-state index is 9.37. The third-order valence-electron chi connectivity index (χ3n) is 2.51. The minimum absolute atomic E-state index is 0.116. The Bertz CT molecular complexity index is 627. The van der Waals surface area contributed by atoms with Gasteiger partial charge < -0.3 is 5.11 Å². The Morgan fingerprint density at radius 3 is 2.81 bits per heavy atom. The molecule has 5 heteroatoms. The third-order valence-corrected chi connectivity index (χ3v) is 2.71. The van der Waals surface area contributed by atoms with Crippen molar-refractivity contribution in [1.82, 2.24) is 14.6 Å². The molecule has 3 rings (SSSR count). The van der Waals surface area contributed by atoms with Gasteiger partial charge in [-0.2, -0.15) is 5.10 Å². The standard InChI is InChI=1S/C11H8ClN3O/c12-9-4-5-10-13-11(7-2-1-3-7)8(6-16)15(10)14-9/h1-5,16H,6H2. The van der Waals surface area contributed by atoms with Crippen LogP contribution in [0.25, 0.3) is 11.2 Å². The summed E-state index contributed by atoms with van der Waals surface area (Å²) in [5.74, 6) is 0. The van der Waals surface area contributed by atoms with Gasteiger partial charge in [-0.05, 0) is 12.1 Å². The Balaban J connectivity index is 2.29. The van der Waals surface area contributed by atoms with Crippen molar-refractivity contribution in [2.24, 2.45) is 0 Å². The van der Waals surface area contributed by atoms with E-state index in [4.69, 9.17) is 11.6 Å². The predicted molar refractivity (Wildman–Crippen MR) is 61.0 cm³/mol. The summed E-state index contributed by atoms with van der Waals surface area (Å²) in [6, 6.07) is 3.46. The lowest BCUT2D eigenvalue weighted by Gasteiger charge is -2.05. The van der Waals surface area contributed by atoms with Crippen LogP contribution in [0.4, 0.5) is 0 Å². The summed E-state index contributed by atoms with van der Waals surface area (Å²) >= 11 is 5.81. The maximum Gasteiger partial charge on any atom is 0.154 e. The van der Waals surface area contributed by atoms with Gasteiger partial charge in [0.2, 0.25) is 0 Å². The lowest BCUT2D eigenvalue weighted by molar-refractivity contribution is 0.274. The van der Waals surface area contributed by atoms with Crippen molar-refractivity contribution in [2.45, 2.75) is 6.61 Å². The van der Waals surface area contributed by atoms with Gasteiger partial charge in [0.1, 0.15) is 5.15 Å². The molecule has 2 heterocycles. The maximum atomic E-state index is 9.37. The molecule has 0 amide bonds. The van der Waals surface area contributed by atoms with Gasteiger partial charge in [-0.3, -0.25) is 0 Å². The van der Waals surface area contributed by atoms with Gasteiger partial charge in [0, 0.05) is 5.57 Å². The Hall–Kier alpha value is -1.65. The zero-order valence-electron chi connectivity index (χ0n) is 8.26. The first-order chi connectivity index (χ1) is 7.79. The molecule has 0 saturated heterocycles. The molecule has 0 radical (unpaired) electrons. The molecule has 80 valence electrons. The largest absolute Gasteiger partial charge is 0.390 e. The summed E-state index contributed by atoms with van der Waals surface area (Å²) in [6.07, 6.45) is 5.83. The summed E-state index contributed by atoms with van der Waals surface area (Å²) < 4.78 is 1.57. The smallest absolute Gasteiger partial charge is 0.154 e. The first-order valence-corrected chi connectivity index (χ1v) is 5.21. The van der Waals surface area contributed by atoms with Crippen molar-refractivity contribution in [3.63, 3.8) is 0 Å². The van der Waals surface area contributed by atoms with Crippen molar-refractivity contribution < 1.29 is 5.11 Å². The molecule has 1 aliphatic carbocycles. The average molecular weight is 234 g/mol. The van der Waals surface area contributed by atoms with Gasteiger partial charge >= 0.3 is 0 Å². The van der Waals surface area contributed by atoms with E-state index in [2.05, 4.69) is 10.1 Å². The highest BCUT2D eigenvalue weighted by atomic mass is 35.5. The van der Waals surface area contributed by atoms with Crippen molar-refractivity contribution >= 4 is 22.8 Å². The first kappa shape index (κ1) is 9.57. The highest BCUT2D eigenvalue weighted by molar-refractivity contribution is 6.29. The van der Waals surface area contributed by atoms with Crippen LogP contribution < -0.4 is 0 Å². The molecule has 2 aromatic heterocycles. The lowest BCUT2D eigenvalue weighted by Crippen LogP contribution is -2.00. The predicted octanol–water partition coefficient (Wildman–Crippen LogP) is 1.83. The molecule has 0 unspecified atom stereocenters. The van der Waals surface area contributed by atoms with E-state index in [1.807, 2.05) is 18.2 Å². The number of hydrogen-bond donors (Lipinski definition) is 1. The third kappa shape index (κ3) is 1.27. The number of halogens is 1. The average Bonchev–Trinajstić information content (AvgIpc) is 2.52. The first-order valence-electron chi connectivity index (χ1n) is 4.83. The van der Waals surface area contributed by atoms with Gasteiger partial charge in [-0.25, -0.2) is 9.50 Å². The van der Waals surface area contributed by atoms with E-state index >= 15 is 0 Å². The van der Waals surface area contributed by atoms with E-state index in [0.29, 0.717) is 16.5 Å². The van der Waals surface area contributed by atoms with Gasteiger partial charge in [-0.15, -0.1) is 0 Å². The Kier molecular flexibility index (Phi) is 2.05. The van der Waals surface area contributed by atoms with Crippen LogP contribution in [0.3, 0.4) is 0 Å². The van der Waals surface area contributed by atoms with E-state index in [-0.39, 0.29) is 6.61 Å².